The van der Waals surface area contributed by atoms with Crippen LogP contribution in [0.5, 0.6) is 0 Å². The van der Waals surface area contributed by atoms with Gasteiger partial charge in [-0.3, -0.25) is 9.59 Å². The van der Waals surface area contributed by atoms with Crippen LogP contribution in [0.1, 0.15) is 65.2 Å². The average molecular weight is 367 g/mol. The van der Waals surface area contributed by atoms with Gasteiger partial charge in [0.25, 0.3) is 0 Å². The van der Waals surface area contributed by atoms with Gasteiger partial charge in [0, 0.05) is 24.2 Å². The fourth-order valence-corrected chi connectivity index (χ4v) is 9.74. The maximum Gasteiger partial charge on any atom is 0.306 e. The Kier molecular flexibility index (Phi) is 2.56. The molecule has 5 saturated carbocycles. The lowest BCUT2D eigenvalue weighted by atomic mass is 9.45. The molecule has 3 nitrogen and oxygen atoms in total. The maximum atomic E-state index is 12.2. The lowest BCUT2D eigenvalue weighted by Gasteiger charge is -2.60. The average Bonchev–Trinajstić information content (AvgIpc) is 3.53. The van der Waals surface area contributed by atoms with Gasteiger partial charge in [0.1, 0.15) is 5.60 Å². The SMILES string of the molecule is C[C@]12CCC(=O)C=C1[C@@H]1CC1C1C2CC[C@@]2(C)C1C1CC1[C@@]21CCC(=O)O1. The molecule has 10 atom stereocenters. The Balaban J connectivity index is 1.33. The summed E-state index contributed by atoms with van der Waals surface area (Å²) in [6.45, 7) is 4.99. The second kappa shape index (κ2) is 4.39. The Labute approximate surface area is 161 Å². The van der Waals surface area contributed by atoms with Gasteiger partial charge in [-0.05, 0) is 85.5 Å². The van der Waals surface area contributed by atoms with Gasteiger partial charge in [-0.15, -0.1) is 0 Å². The first-order valence-corrected chi connectivity index (χ1v) is 11.4. The monoisotopic (exact) mass is 366 g/mol. The van der Waals surface area contributed by atoms with Crippen LogP contribution in [0.3, 0.4) is 0 Å². The number of allylic oxidation sites excluding steroid dienone is 1. The van der Waals surface area contributed by atoms with E-state index in [2.05, 4.69) is 19.9 Å². The minimum atomic E-state index is -0.131. The first-order valence-electron chi connectivity index (χ1n) is 11.4. The van der Waals surface area contributed by atoms with E-state index in [4.69, 9.17) is 4.74 Å². The highest BCUT2D eigenvalue weighted by Gasteiger charge is 2.81. The summed E-state index contributed by atoms with van der Waals surface area (Å²) < 4.78 is 6.22. The normalized spacial score (nSPS) is 62.0. The summed E-state index contributed by atoms with van der Waals surface area (Å²) in [5.74, 6) is 5.65. The maximum absolute atomic E-state index is 12.2. The van der Waals surface area contributed by atoms with Crippen LogP contribution in [0.15, 0.2) is 11.6 Å². The van der Waals surface area contributed by atoms with E-state index >= 15 is 0 Å². The third-order valence-corrected chi connectivity index (χ3v) is 10.9. The van der Waals surface area contributed by atoms with Crippen LogP contribution in [0.25, 0.3) is 0 Å². The van der Waals surface area contributed by atoms with Crippen molar-refractivity contribution in [2.24, 2.45) is 52.3 Å². The number of ether oxygens (including phenoxy) is 1. The molecular weight excluding hydrogens is 336 g/mol. The summed E-state index contributed by atoms with van der Waals surface area (Å²) in [6.07, 6.45) is 10.6. The summed E-state index contributed by atoms with van der Waals surface area (Å²) in [5, 5.41) is 0. The van der Waals surface area contributed by atoms with Gasteiger partial charge in [-0.2, -0.15) is 0 Å². The largest absolute Gasteiger partial charge is 0.458 e. The van der Waals surface area contributed by atoms with Gasteiger partial charge in [0.15, 0.2) is 5.78 Å². The van der Waals surface area contributed by atoms with E-state index in [1.54, 1.807) is 0 Å². The summed E-state index contributed by atoms with van der Waals surface area (Å²) >= 11 is 0. The molecule has 0 N–H and O–H groups in total. The predicted molar refractivity (Wildman–Crippen MR) is 99.5 cm³/mol. The highest BCUT2D eigenvalue weighted by molar-refractivity contribution is 5.92. The van der Waals surface area contributed by atoms with Crippen LogP contribution < -0.4 is 0 Å². The summed E-state index contributed by atoms with van der Waals surface area (Å²) in [6, 6.07) is 0. The molecular formula is C24H30O3. The van der Waals surface area contributed by atoms with E-state index in [9.17, 15) is 9.59 Å². The fraction of sp³-hybridized carbons (Fsp3) is 0.833. The summed E-state index contributed by atoms with van der Waals surface area (Å²) in [5.41, 5.74) is 1.85. The molecule has 0 radical (unpaired) electrons. The van der Waals surface area contributed by atoms with Gasteiger partial charge in [-0.25, -0.2) is 0 Å². The third kappa shape index (κ3) is 1.58. The molecule has 1 heterocycles. The lowest BCUT2D eigenvalue weighted by Crippen LogP contribution is -2.57. The number of esters is 1. The first kappa shape index (κ1) is 15.8. The van der Waals surface area contributed by atoms with Gasteiger partial charge >= 0.3 is 5.97 Å². The van der Waals surface area contributed by atoms with Gasteiger partial charge in [-0.1, -0.05) is 19.4 Å². The minimum absolute atomic E-state index is 0.0561. The van der Waals surface area contributed by atoms with Crippen molar-refractivity contribution in [1.82, 2.24) is 0 Å². The van der Waals surface area contributed by atoms with Crippen LogP contribution >= 0.6 is 0 Å². The fourth-order valence-electron chi connectivity index (χ4n) is 9.74. The van der Waals surface area contributed by atoms with Crippen molar-refractivity contribution in [3.63, 3.8) is 0 Å². The molecule has 1 spiro atoms. The molecule has 0 aromatic rings. The quantitative estimate of drug-likeness (QED) is 0.600. The summed E-state index contributed by atoms with van der Waals surface area (Å²) in [4.78, 5) is 24.3. The van der Waals surface area contributed by atoms with E-state index in [1.165, 1.54) is 31.3 Å². The van der Waals surface area contributed by atoms with E-state index in [0.717, 1.165) is 48.9 Å². The summed E-state index contributed by atoms with van der Waals surface area (Å²) in [7, 11) is 0. The molecule has 6 fully saturated rings. The van der Waals surface area contributed by atoms with E-state index in [1.807, 2.05) is 0 Å². The first-order chi connectivity index (χ1) is 12.9. The highest BCUT2D eigenvalue weighted by atomic mass is 16.6. The van der Waals surface area contributed by atoms with Gasteiger partial charge in [0.05, 0.1) is 0 Å². The van der Waals surface area contributed by atoms with E-state index in [0.29, 0.717) is 24.0 Å². The number of rotatable bonds is 0. The van der Waals surface area contributed by atoms with Crippen molar-refractivity contribution in [2.75, 3.05) is 0 Å². The third-order valence-electron chi connectivity index (χ3n) is 10.9. The van der Waals surface area contributed by atoms with Crippen LogP contribution in [0.4, 0.5) is 0 Å². The van der Waals surface area contributed by atoms with Crippen LogP contribution in [0.2, 0.25) is 0 Å². The number of carbonyl (C=O) groups excluding carboxylic acids is 2. The Hall–Kier alpha value is -1.12. The number of fused-ring (bicyclic) bond motifs is 12. The van der Waals surface area contributed by atoms with Gasteiger partial charge < -0.3 is 4.74 Å². The van der Waals surface area contributed by atoms with Crippen LogP contribution in [-0.4, -0.2) is 17.4 Å². The molecule has 1 aliphatic heterocycles. The molecule has 7 aliphatic rings. The van der Waals surface area contributed by atoms with Crippen molar-refractivity contribution in [3.8, 4) is 0 Å². The zero-order valence-corrected chi connectivity index (χ0v) is 16.5. The second-order valence-corrected chi connectivity index (χ2v) is 11.5. The predicted octanol–water partition coefficient (Wildman–Crippen LogP) is 4.31. The Morgan fingerprint density at radius 1 is 1.00 bits per heavy atom. The minimum Gasteiger partial charge on any atom is -0.458 e. The van der Waals surface area contributed by atoms with Crippen LogP contribution in [0, 0.1) is 52.3 Å². The molecule has 1 saturated heterocycles. The lowest BCUT2D eigenvalue weighted by molar-refractivity contribution is -0.177. The molecule has 144 valence electrons. The zero-order valence-electron chi connectivity index (χ0n) is 16.5. The molecule has 0 amide bonds. The standard InChI is InChI=1S/C24H30O3/c1-22-6-3-12(25)9-17(22)13-10-14(13)20-16(22)4-7-23(2)21(20)15-11-18(15)24(23)8-5-19(26)27-24/h9,13-16,18,20-21H,3-8,10-11H2,1-2H3/t13-,14?,15?,16?,18?,20?,21?,22-,23+,24+/m1/s1. The number of hydrogen-bond acceptors (Lipinski definition) is 3. The molecule has 27 heavy (non-hydrogen) atoms. The number of hydrogen-bond donors (Lipinski definition) is 0. The smallest absolute Gasteiger partial charge is 0.306 e. The van der Waals surface area contributed by atoms with Crippen molar-refractivity contribution in [1.29, 1.82) is 0 Å². The molecule has 0 aromatic heterocycles. The van der Waals surface area contributed by atoms with Crippen molar-refractivity contribution in [2.45, 2.75) is 70.8 Å². The molecule has 0 aromatic carbocycles. The second-order valence-electron chi connectivity index (χ2n) is 11.5. The molecule has 0 bridgehead atoms. The zero-order chi connectivity index (χ0) is 18.3. The molecule has 7 rings (SSSR count). The van der Waals surface area contributed by atoms with Crippen LogP contribution in [-0.2, 0) is 14.3 Å². The topological polar surface area (TPSA) is 43.4 Å². The van der Waals surface area contributed by atoms with Crippen molar-refractivity contribution in [3.05, 3.63) is 11.6 Å². The molecule has 3 heteroatoms. The Morgan fingerprint density at radius 2 is 1.85 bits per heavy atom. The number of carbonyl (C=O) groups is 2. The number of ketones is 1. The highest BCUT2D eigenvalue weighted by Crippen LogP contribution is 2.82. The Bertz CT molecular complexity index is 827. The van der Waals surface area contributed by atoms with Crippen molar-refractivity contribution < 1.29 is 14.3 Å². The van der Waals surface area contributed by atoms with E-state index in [-0.39, 0.29) is 22.4 Å². The van der Waals surface area contributed by atoms with E-state index < -0.39 is 0 Å². The van der Waals surface area contributed by atoms with Gasteiger partial charge in [0.2, 0.25) is 0 Å². The molecule has 6 aliphatic carbocycles. The molecule has 6 unspecified atom stereocenters. The Morgan fingerprint density at radius 3 is 2.63 bits per heavy atom. The van der Waals surface area contributed by atoms with Crippen molar-refractivity contribution >= 4 is 11.8 Å².